The molecule has 0 N–H and O–H groups in total. The van der Waals surface area contributed by atoms with Gasteiger partial charge in [-0.05, 0) is 12.8 Å². The van der Waals surface area contributed by atoms with Gasteiger partial charge in [-0.25, -0.2) is 0 Å². The number of likely N-dealkylation sites (N-methyl/N-ethyl adjacent to an activating group) is 1. The summed E-state index contributed by atoms with van der Waals surface area (Å²) in [7, 11) is 4.47. The van der Waals surface area contributed by atoms with Gasteiger partial charge in [-0.2, -0.15) is 0 Å². The first-order valence-corrected chi connectivity index (χ1v) is 9.87. The van der Waals surface area contributed by atoms with E-state index < -0.39 is 0 Å². The molecule has 3 heteroatoms. The van der Waals surface area contributed by atoms with Gasteiger partial charge in [-0.1, -0.05) is 72.1 Å². The van der Waals surface area contributed by atoms with Crippen molar-refractivity contribution in [2.24, 2.45) is 5.92 Å². The maximum atomic E-state index is 11.4. The van der Waals surface area contributed by atoms with Crippen molar-refractivity contribution < 1.29 is 14.0 Å². The van der Waals surface area contributed by atoms with Gasteiger partial charge in [-0.3, -0.25) is 4.79 Å². The van der Waals surface area contributed by atoms with Crippen molar-refractivity contribution in [2.45, 2.75) is 85.0 Å². The van der Waals surface area contributed by atoms with Crippen LogP contribution in [0.5, 0.6) is 0 Å². The van der Waals surface area contributed by atoms with Crippen LogP contribution in [0.1, 0.15) is 85.0 Å². The molecule has 0 aromatic heterocycles. The third kappa shape index (κ3) is 14.7. The van der Waals surface area contributed by atoms with Crippen LogP contribution in [0.15, 0.2) is 0 Å². The third-order valence-electron chi connectivity index (χ3n) is 4.53. The molecule has 23 heavy (non-hydrogen) atoms. The molecule has 0 amide bonds. The van der Waals surface area contributed by atoms with E-state index in [9.17, 15) is 4.79 Å². The normalized spacial score (nSPS) is 11.9. The molecule has 0 unspecified atom stereocenters. The van der Waals surface area contributed by atoms with E-state index >= 15 is 0 Å². The second kappa shape index (κ2) is 13.8. The standard InChI is InChI=1S/C20H42NO2/c1-6-7-8-9-10-11-12-13-14-15-16-21(4,5)17-18-23-20(22)19(2)3/h19H,6-18H2,1-5H3/q+1. The summed E-state index contributed by atoms with van der Waals surface area (Å²) in [5, 5.41) is 0. The van der Waals surface area contributed by atoms with Gasteiger partial charge in [0.1, 0.15) is 13.2 Å². The first-order chi connectivity index (χ1) is 10.9. The molecule has 0 rings (SSSR count). The van der Waals surface area contributed by atoms with Crippen LogP contribution < -0.4 is 0 Å². The highest BCUT2D eigenvalue weighted by atomic mass is 16.5. The van der Waals surface area contributed by atoms with Crippen LogP contribution in [-0.2, 0) is 9.53 Å². The minimum absolute atomic E-state index is 0.0208. The number of unbranched alkanes of at least 4 members (excludes halogenated alkanes) is 9. The smallest absolute Gasteiger partial charge is 0.308 e. The Labute approximate surface area is 145 Å². The molecule has 3 nitrogen and oxygen atoms in total. The highest BCUT2D eigenvalue weighted by Gasteiger charge is 2.16. The van der Waals surface area contributed by atoms with Crippen molar-refractivity contribution in [3.8, 4) is 0 Å². The Hall–Kier alpha value is -0.570. The van der Waals surface area contributed by atoms with Crippen molar-refractivity contribution >= 4 is 5.97 Å². The summed E-state index contributed by atoms with van der Waals surface area (Å²) in [6, 6.07) is 0. The molecule has 0 spiro atoms. The number of ether oxygens (including phenoxy) is 1. The van der Waals surface area contributed by atoms with E-state index in [1.807, 2.05) is 13.8 Å². The first-order valence-electron chi connectivity index (χ1n) is 9.87. The summed E-state index contributed by atoms with van der Waals surface area (Å²) in [6.45, 7) is 8.67. The monoisotopic (exact) mass is 328 g/mol. The van der Waals surface area contributed by atoms with Gasteiger partial charge in [0, 0.05) is 0 Å². The lowest BCUT2D eigenvalue weighted by molar-refractivity contribution is -0.890. The summed E-state index contributed by atoms with van der Waals surface area (Å²) in [4.78, 5) is 11.4. The fourth-order valence-corrected chi connectivity index (χ4v) is 2.70. The van der Waals surface area contributed by atoms with Gasteiger partial charge in [0.05, 0.1) is 26.6 Å². The summed E-state index contributed by atoms with van der Waals surface area (Å²) in [6.07, 6.45) is 13.8. The number of rotatable bonds is 15. The Bertz CT molecular complexity index is 287. The first kappa shape index (κ1) is 22.4. The second-order valence-electron chi connectivity index (χ2n) is 7.89. The van der Waals surface area contributed by atoms with Crippen LogP contribution in [0.2, 0.25) is 0 Å². The highest BCUT2D eigenvalue weighted by molar-refractivity contribution is 5.71. The largest absolute Gasteiger partial charge is 0.459 e. The number of carbonyl (C=O) groups is 1. The zero-order chi connectivity index (χ0) is 17.6. The van der Waals surface area contributed by atoms with Gasteiger partial charge >= 0.3 is 5.97 Å². The SMILES string of the molecule is CCCCCCCCCCCC[N+](C)(C)CCOC(=O)C(C)C. The number of hydrogen-bond acceptors (Lipinski definition) is 2. The Kier molecular flexibility index (Phi) is 13.5. The minimum Gasteiger partial charge on any atom is -0.459 e. The zero-order valence-electron chi connectivity index (χ0n) is 16.5. The van der Waals surface area contributed by atoms with E-state index in [0.29, 0.717) is 6.61 Å². The van der Waals surface area contributed by atoms with Gasteiger partial charge in [0.25, 0.3) is 0 Å². The third-order valence-corrected chi connectivity index (χ3v) is 4.53. The lowest BCUT2D eigenvalue weighted by Crippen LogP contribution is -2.43. The number of esters is 1. The Morgan fingerprint density at radius 1 is 0.826 bits per heavy atom. The number of quaternary nitrogens is 1. The second-order valence-corrected chi connectivity index (χ2v) is 7.89. The van der Waals surface area contributed by atoms with Crippen LogP contribution in [0.4, 0.5) is 0 Å². The lowest BCUT2D eigenvalue weighted by Gasteiger charge is -2.29. The molecule has 0 aromatic rings. The van der Waals surface area contributed by atoms with E-state index in [-0.39, 0.29) is 11.9 Å². The molecule has 0 heterocycles. The molecule has 0 fully saturated rings. The van der Waals surface area contributed by atoms with E-state index in [1.54, 1.807) is 0 Å². The fraction of sp³-hybridized carbons (Fsp3) is 0.950. The predicted molar refractivity (Wildman–Crippen MR) is 99.5 cm³/mol. The van der Waals surface area contributed by atoms with Crippen molar-refractivity contribution in [3.63, 3.8) is 0 Å². The number of nitrogens with zero attached hydrogens (tertiary/aromatic N) is 1. The van der Waals surface area contributed by atoms with Gasteiger partial charge in [-0.15, -0.1) is 0 Å². The quantitative estimate of drug-likeness (QED) is 0.235. The summed E-state index contributed by atoms with van der Waals surface area (Å²) >= 11 is 0. The molecule has 0 bridgehead atoms. The molecule has 0 aliphatic rings. The molecular weight excluding hydrogens is 286 g/mol. The van der Waals surface area contributed by atoms with Crippen LogP contribution in [-0.4, -0.2) is 44.2 Å². The van der Waals surface area contributed by atoms with Crippen molar-refractivity contribution in [2.75, 3.05) is 33.8 Å². The molecule has 0 atom stereocenters. The maximum Gasteiger partial charge on any atom is 0.308 e. The van der Waals surface area contributed by atoms with E-state index in [4.69, 9.17) is 4.74 Å². The molecule has 0 saturated heterocycles. The lowest BCUT2D eigenvalue weighted by atomic mass is 10.1. The minimum atomic E-state index is -0.0797. The Balaban J connectivity index is 3.46. The summed E-state index contributed by atoms with van der Waals surface area (Å²) in [5.41, 5.74) is 0. The maximum absolute atomic E-state index is 11.4. The van der Waals surface area contributed by atoms with Crippen LogP contribution >= 0.6 is 0 Å². The molecule has 0 aliphatic carbocycles. The highest BCUT2D eigenvalue weighted by Crippen LogP contribution is 2.11. The van der Waals surface area contributed by atoms with Gasteiger partial charge in [0.15, 0.2) is 0 Å². The van der Waals surface area contributed by atoms with Crippen LogP contribution in [0.3, 0.4) is 0 Å². The van der Waals surface area contributed by atoms with E-state index in [2.05, 4.69) is 21.0 Å². The Morgan fingerprint density at radius 2 is 1.30 bits per heavy atom. The van der Waals surface area contributed by atoms with Crippen LogP contribution in [0.25, 0.3) is 0 Å². The van der Waals surface area contributed by atoms with Crippen LogP contribution in [0, 0.1) is 5.92 Å². The molecule has 0 radical (unpaired) electrons. The summed E-state index contributed by atoms with van der Waals surface area (Å²) in [5.74, 6) is -0.100. The van der Waals surface area contributed by atoms with Crippen molar-refractivity contribution in [3.05, 3.63) is 0 Å². The predicted octanol–water partition coefficient (Wildman–Crippen LogP) is 5.18. The van der Waals surface area contributed by atoms with Crippen molar-refractivity contribution in [1.82, 2.24) is 0 Å². The molecular formula is C20H42NO2+. The molecule has 0 aliphatic heterocycles. The molecule has 0 saturated carbocycles. The average molecular weight is 329 g/mol. The Morgan fingerprint density at radius 3 is 1.78 bits per heavy atom. The number of hydrogen-bond donors (Lipinski definition) is 0. The van der Waals surface area contributed by atoms with Crippen molar-refractivity contribution in [1.29, 1.82) is 0 Å². The zero-order valence-corrected chi connectivity index (χ0v) is 16.5. The molecule has 138 valence electrons. The molecule has 0 aromatic carbocycles. The topological polar surface area (TPSA) is 26.3 Å². The number of carbonyl (C=O) groups excluding carboxylic acids is 1. The van der Waals surface area contributed by atoms with Gasteiger partial charge in [0.2, 0.25) is 0 Å². The summed E-state index contributed by atoms with van der Waals surface area (Å²) < 4.78 is 6.23. The van der Waals surface area contributed by atoms with E-state index in [1.165, 1.54) is 70.8 Å². The van der Waals surface area contributed by atoms with Gasteiger partial charge < -0.3 is 9.22 Å². The fourth-order valence-electron chi connectivity index (χ4n) is 2.70. The average Bonchev–Trinajstić information content (AvgIpc) is 2.48. The van der Waals surface area contributed by atoms with E-state index in [0.717, 1.165) is 11.0 Å².